The molecule has 3 aromatic rings. The summed E-state index contributed by atoms with van der Waals surface area (Å²) in [5.74, 6) is -2.59. The molecule has 5 rings (SSSR count). The fourth-order valence-electron chi connectivity index (χ4n) is 10.3. The largest absolute Gasteiger partial charge is 0.344 e. The van der Waals surface area contributed by atoms with E-state index in [1.165, 1.54) is 9.80 Å². The Bertz CT molecular complexity index is 2340. The van der Waals surface area contributed by atoms with Gasteiger partial charge in [-0.1, -0.05) is 116 Å². The van der Waals surface area contributed by atoms with Gasteiger partial charge in [-0.3, -0.25) is 38.4 Å². The lowest BCUT2D eigenvalue weighted by atomic mass is 9.76. The lowest BCUT2D eigenvalue weighted by Crippen LogP contribution is -2.58. The van der Waals surface area contributed by atoms with Crippen molar-refractivity contribution in [1.82, 2.24) is 40.0 Å². The second kappa shape index (κ2) is 28.5. The van der Waals surface area contributed by atoms with Crippen molar-refractivity contribution in [2.24, 2.45) is 22.7 Å². The summed E-state index contributed by atoms with van der Waals surface area (Å²) in [6.45, 7) is 19.2. The number of Topliss-reactive ketones (excluding diaryl/α,β-unsaturated/α-hetero) is 1. The van der Waals surface area contributed by atoms with E-state index in [1.54, 1.807) is 62.1 Å². The van der Waals surface area contributed by atoms with E-state index >= 15 is 0 Å². The molecule has 0 radical (unpaired) electrons. The molecule has 2 aliphatic heterocycles. The molecule has 3 aromatic carbocycles. The van der Waals surface area contributed by atoms with E-state index < -0.39 is 34.6 Å². The summed E-state index contributed by atoms with van der Waals surface area (Å²) in [6, 6.07) is 24.2. The number of hydrogen-bond donors (Lipinski definition) is 2. The maximum Gasteiger partial charge on any atom is 0.254 e. The van der Waals surface area contributed by atoms with E-state index in [0.29, 0.717) is 58.3 Å². The summed E-state index contributed by atoms with van der Waals surface area (Å²) in [4.78, 5) is 121. The van der Waals surface area contributed by atoms with E-state index in [4.69, 9.17) is 0 Å². The zero-order chi connectivity index (χ0) is 57.5. The van der Waals surface area contributed by atoms with Gasteiger partial charge in [0.1, 0.15) is 11.8 Å². The number of nitrogens with zero attached hydrogens (tertiary/aromatic N) is 6. The number of ketones is 1. The summed E-state index contributed by atoms with van der Waals surface area (Å²) in [5.41, 5.74) is 1.61. The number of carbonyl (C=O) groups excluding carboxylic acids is 8. The first kappa shape index (κ1) is 62.4. The van der Waals surface area contributed by atoms with Crippen molar-refractivity contribution < 1.29 is 38.4 Å². The van der Waals surface area contributed by atoms with Crippen LogP contribution in [0.3, 0.4) is 0 Å². The molecule has 7 amide bonds. The zero-order valence-electron chi connectivity index (χ0n) is 48.8. The molecule has 0 saturated carbocycles. The zero-order valence-corrected chi connectivity index (χ0v) is 48.8. The van der Waals surface area contributed by atoms with Crippen LogP contribution in [0.4, 0.5) is 0 Å². The van der Waals surface area contributed by atoms with Crippen LogP contribution in [0.5, 0.6) is 0 Å². The minimum absolute atomic E-state index is 0.0252. The fraction of sp³-hybridized carbons (Fsp3) is 0.581. The lowest BCUT2D eigenvalue weighted by Gasteiger charge is -2.38. The van der Waals surface area contributed by atoms with Gasteiger partial charge >= 0.3 is 0 Å². The molecular formula is C62H90N8O8. The number of nitrogens with one attached hydrogen (secondary N) is 2. The Kier molecular flexibility index (Phi) is 22.8. The third kappa shape index (κ3) is 17.3. The summed E-state index contributed by atoms with van der Waals surface area (Å²) < 4.78 is 0. The molecule has 6 atom stereocenters. The van der Waals surface area contributed by atoms with Crippen molar-refractivity contribution in [2.75, 3.05) is 73.5 Å². The van der Waals surface area contributed by atoms with E-state index in [1.807, 2.05) is 126 Å². The predicted molar refractivity (Wildman–Crippen MR) is 305 cm³/mol. The molecule has 0 unspecified atom stereocenters. The molecule has 16 nitrogen and oxygen atoms in total. The Morgan fingerprint density at radius 2 is 1.04 bits per heavy atom. The second-order valence-corrected chi connectivity index (χ2v) is 23.9. The van der Waals surface area contributed by atoms with Crippen molar-refractivity contribution in [1.29, 1.82) is 0 Å². The third-order valence-corrected chi connectivity index (χ3v) is 15.9. The highest BCUT2D eigenvalue weighted by Gasteiger charge is 2.43. The number of likely N-dealkylation sites (tertiary alicyclic amines) is 2. The van der Waals surface area contributed by atoms with E-state index in [2.05, 4.69) is 10.6 Å². The summed E-state index contributed by atoms with van der Waals surface area (Å²) in [7, 11) is 4.86. The van der Waals surface area contributed by atoms with Gasteiger partial charge in [0.25, 0.3) is 11.8 Å². The van der Waals surface area contributed by atoms with Gasteiger partial charge < -0.3 is 40.0 Å². The molecule has 2 saturated heterocycles. The molecule has 2 fully saturated rings. The van der Waals surface area contributed by atoms with Crippen LogP contribution in [-0.2, 0) is 41.6 Å². The Balaban J connectivity index is 1.26. The van der Waals surface area contributed by atoms with Crippen LogP contribution in [0.15, 0.2) is 84.9 Å². The van der Waals surface area contributed by atoms with Gasteiger partial charge in [0, 0.05) is 94.8 Å². The number of benzene rings is 3. The standard InChI is InChI=1S/C62H90N8O8/c1-13-43(2)56(74)64-55(62(7,8)9)60(78)70-35-21-27-50(70)40-68(37-33-46-24-18-15-19-25-46)54(73)42-66(12)58(76)48-30-28-47(29-31-48)57(75)65(11)41-53(72)67(36-32-45-22-16-14-17-23-45)39-49-26-20-34-69(49)59(77)51(61(4,5)6)38-52(71)44(3)63-10/h14-19,22-25,28-31,43-44,49-51,55,63H,13,20-21,26-27,32-42H2,1-12H3,(H,64,74)/t43-,44+,49+,50+,51-,55-/m1/s1. The van der Waals surface area contributed by atoms with Crippen LogP contribution in [0.2, 0.25) is 0 Å². The van der Waals surface area contributed by atoms with Gasteiger partial charge in [0.2, 0.25) is 29.5 Å². The number of likely N-dealkylation sites (N-methyl/N-ethyl adjacent to an activating group) is 3. The molecule has 0 bridgehead atoms. The molecule has 0 aliphatic carbocycles. The minimum atomic E-state index is -0.745. The first-order valence-electron chi connectivity index (χ1n) is 28.2. The van der Waals surface area contributed by atoms with E-state index in [-0.39, 0.29) is 103 Å². The predicted octanol–water partition coefficient (Wildman–Crippen LogP) is 6.76. The lowest BCUT2D eigenvalue weighted by molar-refractivity contribution is -0.144. The van der Waals surface area contributed by atoms with E-state index in [9.17, 15) is 38.4 Å². The maximum atomic E-state index is 14.4. The highest BCUT2D eigenvalue weighted by atomic mass is 16.2. The highest BCUT2D eigenvalue weighted by Crippen LogP contribution is 2.34. The Morgan fingerprint density at radius 1 is 0.615 bits per heavy atom. The van der Waals surface area contributed by atoms with Gasteiger partial charge in [-0.05, 0) is 105 Å². The number of rotatable bonds is 25. The number of hydrogen-bond acceptors (Lipinski definition) is 9. The fourth-order valence-corrected chi connectivity index (χ4v) is 10.3. The Hall–Kier alpha value is -6.42. The summed E-state index contributed by atoms with van der Waals surface area (Å²) in [6.07, 6.45) is 4.83. The normalized spacial score (nSPS) is 17.1. The van der Waals surface area contributed by atoms with Crippen LogP contribution < -0.4 is 10.6 Å². The molecule has 78 heavy (non-hydrogen) atoms. The SMILES string of the molecule is CC[C@@H](C)C(=O)N[C@H](C(=O)N1CCC[C@H]1CN(CCc1ccccc1)C(=O)CN(C)C(=O)c1ccc(C(=O)N(C)CC(=O)N(CCc2ccccc2)C[C@@H]2CCCN2C(=O)[C@@H](CC(=O)[C@H](C)NC)C(C)(C)C)cc1)C(C)(C)C. The first-order chi connectivity index (χ1) is 36.8. The van der Waals surface area contributed by atoms with Gasteiger partial charge in [-0.2, -0.15) is 0 Å². The quantitative estimate of drug-likeness (QED) is 0.0928. The molecule has 426 valence electrons. The third-order valence-electron chi connectivity index (χ3n) is 15.9. The smallest absolute Gasteiger partial charge is 0.254 e. The molecule has 2 heterocycles. The van der Waals surface area contributed by atoms with Crippen LogP contribution in [0.1, 0.15) is 133 Å². The van der Waals surface area contributed by atoms with Crippen molar-refractivity contribution in [3.05, 3.63) is 107 Å². The summed E-state index contributed by atoms with van der Waals surface area (Å²) >= 11 is 0. The average Bonchev–Trinajstić information content (AvgIpc) is 4.10. The van der Waals surface area contributed by atoms with Crippen LogP contribution in [0, 0.1) is 22.7 Å². The molecule has 2 aliphatic rings. The van der Waals surface area contributed by atoms with Crippen LogP contribution >= 0.6 is 0 Å². The first-order valence-corrected chi connectivity index (χ1v) is 28.2. The molecular weight excluding hydrogens is 985 g/mol. The maximum absolute atomic E-state index is 14.4. The molecule has 2 N–H and O–H groups in total. The van der Waals surface area contributed by atoms with Crippen molar-refractivity contribution in [3.63, 3.8) is 0 Å². The number of amides is 7. The Morgan fingerprint density at radius 3 is 1.42 bits per heavy atom. The minimum Gasteiger partial charge on any atom is -0.344 e. The van der Waals surface area contributed by atoms with Gasteiger partial charge in [-0.25, -0.2) is 0 Å². The van der Waals surface area contributed by atoms with Gasteiger partial charge in [-0.15, -0.1) is 0 Å². The van der Waals surface area contributed by atoms with Crippen molar-refractivity contribution in [2.45, 2.75) is 138 Å². The van der Waals surface area contributed by atoms with Gasteiger partial charge in [0.05, 0.1) is 19.1 Å². The van der Waals surface area contributed by atoms with Crippen LogP contribution in [-0.4, -0.2) is 174 Å². The second-order valence-electron chi connectivity index (χ2n) is 23.9. The van der Waals surface area contributed by atoms with Crippen LogP contribution in [0.25, 0.3) is 0 Å². The highest BCUT2D eigenvalue weighted by molar-refractivity contribution is 6.00. The molecule has 16 heteroatoms. The average molecular weight is 1080 g/mol. The topological polar surface area (TPSA) is 180 Å². The van der Waals surface area contributed by atoms with Crippen molar-refractivity contribution in [3.8, 4) is 0 Å². The van der Waals surface area contributed by atoms with Crippen molar-refractivity contribution >= 4 is 47.1 Å². The monoisotopic (exact) mass is 1070 g/mol. The van der Waals surface area contributed by atoms with E-state index in [0.717, 1.165) is 24.0 Å². The van der Waals surface area contributed by atoms with Gasteiger partial charge in [0.15, 0.2) is 0 Å². The Labute approximate surface area is 465 Å². The summed E-state index contributed by atoms with van der Waals surface area (Å²) in [5, 5.41) is 6.03. The number of carbonyl (C=O) groups is 8. The molecule has 0 aromatic heterocycles. The molecule has 0 spiro atoms.